The molecular weight excluding hydrogens is 204 g/mol. The van der Waals surface area contributed by atoms with Crippen molar-refractivity contribution in [2.75, 3.05) is 5.32 Å². The Bertz CT molecular complexity index is 491. The Morgan fingerprint density at radius 2 is 1.93 bits per heavy atom. The zero-order chi connectivity index (χ0) is 10.7. The first-order valence-corrected chi connectivity index (χ1v) is 5.49. The van der Waals surface area contributed by atoms with Crippen LogP contribution in [0.2, 0.25) is 0 Å². The second-order valence-electron chi connectivity index (χ2n) is 3.20. The van der Waals surface area contributed by atoms with Gasteiger partial charge in [0.1, 0.15) is 0 Å². The predicted molar refractivity (Wildman–Crippen MR) is 63.5 cm³/mol. The van der Waals surface area contributed by atoms with E-state index in [1.165, 1.54) is 4.88 Å². The van der Waals surface area contributed by atoms with Crippen molar-refractivity contribution in [3.05, 3.63) is 46.2 Å². The summed E-state index contributed by atoms with van der Waals surface area (Å²) in [4.78, 5) is 1.26. The molecule has 0 amide bonds. The first kappa shape index (κ1) is 9.75. The monoisotopic (exact) mass is 214 g/mol. The van der Waals surface area contributed by atoms with Gasteiger partial charge in [-0.05, 0) is 42.6 Å². The van der Waals surface area contributed by atoms with Gasteiger partial charge in [0.15, 0.2) is 0 Å². The second kappa shape index (κ2) is 4.16. The second-order valence-corrected chi connectivity index (χ2v) is 4.32. The predicted octanol–water partition coefficient (Wildman–Crippen LogP) is 3.67. The van der Waals surface area contributed by atoms with Crippen molar-refractivity contribution in [2.24, 2.45) is 0 Å². The summed E-state index contributed by atoms with van der Waals surface area (Å²) in [7, 11) is 0. The largest absolute Gasteiger partial charge is 0.355 e. The molecule has 1 aromatic heterocycles. The highest BCUT2D eigenvalue weighted by Crippen LogP contribution is 2.24. The Morgan fingerprint density at radius 1 is 1.20 bits per heavy atom. The highest BCUT2D eigenvalue weighted by atomic mass is 32.1. The molecule has 0 atom stereocenters. The molecule has 0 aliphatic carbocycles. The van der Waals surface area contributed by atoms with Crippen molar-refractivity contribution < 1.29 is 0 Å². The van der Waals surface area contributed by atoms with Gasteiger partial charge in [0, 0.05) is 10.6 Å². The van der Waals surface area contributed by atoms with Crippen molar-refractivity contribution in [2.45, 2.75) is 6.92 Å². The van der Waals surface area contributed by atoms with Crippen molar-refractivity contribution in [3.63, 3.8) is 0 Å². The first-order chi connectivity index (χ1) is 7.29. The van der Waals surface area contributed by atoms with Gasteiger partial charge in [-0.15, -0.1) is 11.3 Å². The molecule has 3 heteroatoms. The van der Waals surface area contributed by atoms with Gasteiger partial charge in [0.25, 0.3) is 0 Å². The number of thiophene rings is 1. The quantitative estimate of drug-likeness (QED) is 0.827. The third-order valence-electron chi connectivity index (χ3n) is 2.15. The van der Waals surface area contributed by atoms with E-state index in [2.05, 4.69) is 29.8 Å². The molecule has 0 bridgehead atoms. The van der Waals surface area contributed by atoms with Gasteiger partial charge < -0.3 is 5.32 Å². The van der Waals surface area contributed by atoms with Gasteiger partial charge in [-0.2, -0.15) is 5.26 Å². The Labute approximate surface area is 92.8 Å². The van der Waals surface area contributed by atoms with Crippen LogP contribution in [0.25, 0.3) is 0 Å². The summed E-state index contributed by atoms with van der Waals surface area (Å²) in [6.45, 7) is 2.08. The van der Waals surface area contributed by atoms with E-state index in [4.69, 9.17) is 5.26 Å². The fourth-order valence-corrected chi connectivity index (χ4v) is 1.95. The molecular formula is C12H10N2S. The molecule has 0 saturated heterocycles. The number of benzene rings is 1. The minimum atomic E-state index is 0.683. The number of nitrogens with zero attached hydrogens (tertiary/aromatic N) is 1. The summed E-state index contributed by atoms with van der Waals surface area (Å²) in [6.07, 6.45) is 0. The van der Waals surface area contributed by atoms with Crippen LogP contribution < -0.4 is 5.32 Å². The maximum Gasteiger partial charge on any atom is 0.0991 e. The van der Waals surface area contributed by atoms with Crippen molar-refractivity contribution >= 4 is 22.7 Å². The Balaban J connectivity index is 2.19. The van der Waals surface area contributed by atoms with Crippen molar-refractivity contribution in [1.82, 2.24) is 0 Å². The standard InChI is InChI=1S/C12H10N2S/c1-9-12(6-7-15-9)14-11-4-2-10(8-13)3-5-11/h2-7,14H,1H3. The Morgan fingerprint density at radius 3 is 2.47 bits per heavy atom. The molecule has 1 aromatic carbocycles. The van der Waals surface area contributed by atoms with Gasteiger partial charge in [0.2, 0.25) is 0 Å². The smallest absolute Gasteiger partial charge is 0.0991 e. The minimum Gasteiger partial charge on any atom is -0.355 e. The van der Waals surface area contributed by atoms with E-state index in [9.17, 15) is 0 Å². The number of nitriles is 1. The number of rotatable bonds is 2. The van der Waals surface area contributed by atoms with E-state index < -0.39 is 0 Å². The van der Waals surface area contributed by atoms with E-state index >= 15 is 0 Å². The third kappa shape index (κ3) is 2.17. The number of hydrogen-bond acceptors (Lipinski definition) is 3. The molecule has 0 unspecified atom stereocenters. The van der Waals surface area contributed by atoms with Crippen LogP contribution in [0.5, 0.6) is 0 Å². The molecule has 0 aliphatic heterocycles. The zero-order valence-electron chi connectivity index (χ0n) is 8.32. The summed E-state index contributed by atoms with van der Waals surface area (Å²) in [6, 6.07) is 11.6. The molecule has 0 saturated carbocycles. The van der Waals surface area contributed by atoms with E-state index in [1.54, 1.807) is 11.3 Å². The van der Waals surface area contributed by atoms with Gasteiger partial charge >= 0.3 is 0 Å². The van der Waals surface area contributed by atoms with Gasteiger partial charge in [0.05, 0.1) is 17.3 Å². The molecule has 0 spiro atoms. The first-order valence-electron chi connectivity index (χ1n) is 4.61. The number of aryl methyl sites for hydroxylation is 1. The fraction of sp³-hybridized carbons (Fsp3) is 0.0833. The lowest BCUT2D eigenvalue weighted by atomic mass is 10.2. The third-order valence-corrected chi connectivity index (χ3v) is 3.00. The number of nitrogens with one attached hydrogen (secondary N) is 1. The minimum absolute atomic E-state index is 0.683. The van der Waals surface area contributed by atoms with Crippen LogP contribution in [-0.2, 0) is 0 Å². The van der Waals surface area contributed by atoms with Crippen molar-refractivity contribution in [3.8, 4) is 6.07 Å². The van der Waals surface area contributed by atoms with Crippen LogP contribution in [0.3, 0.4) is 0 Å². The van der Waals surface area contributed by atoms with Crippen molar-refractivity contribution in [1.29, 1.82) is 5.26 Å². The normalized spacial score (nSPS) is 9.60. The number of hydrogen-bond donors (Lipinski definition) is 1. The molecule has 2 aromatic rings. The summed E-state index contributed by atoms with van der Waals surface area (Å²) in [5.74, 6) is 0. The maximum atomic E-state index is 8.66. The Hall–Kier alpha value is -1.79. The van der Waals surface area contributed by atoms with Crippen LogP contribution in [-0.4, -0.2) is 0 Å². The molecule has 1 N–H and O–H groups in total. The highest BCUT2D eigenvalue weighted by molar-refractivity contribution is 7.10. The lowest BCUT2D eigenvalue weighted by Gasteiger charge is -2.04. The van der Waals surface area contributed by atoms with Crippen LogP contribution >= 0.6 is 11.3 Å². The van der Waals surface area contributed by atoms with Gasteiger partial charge in [-0.25, -0.2) is 0 Å². The summed E-state index contributed by atoms with van der Waals surface area (Å²) in [5.41, 5.74) is 2.82. The molecule has 74 valence electrons. The van der Waals surface area contributed by atoms with E-state index in [0.29, 0.717) is 5.56 Å². The molecule has 0 radical (unpaired) electrons. The van der Waals surface area contributed by atoms with Crippen LogP contribution in [0, 0.1) is 18.3 Å². The van der Waals surface area contributed by atoms with Gasteiger partial charge in [-0.3, -0.25) is 0 Å². The highest BCUT2D eigenvalue weighted by Gasteiger charge is 1.99. The fourth-order valence-electron chi connectivity index (χ4n) is 1.30. The molecule has 15 heavy (non-hydrogen) atoms. The summed E-state index contributed by atoms with van der Waals surface area (Å²) in [5, 5.41) is 14.0. The Kier molecular flexibility index (Phi) is 2.70. The maximum absolute atomic E-state index is 8.66. The van der Waals surface area contributed by atoms with Crippen LogP contribution in [0.4, 0.5) is 11.4 Å². The molecule has 2 rings (SSSR count). The lowest BCUT2D eigenvalue weighted by Crippen LogP contribution is -1.89. The number of anilines is 2. The molecule has 0 fully saturated rings. The molecule has 1 heterocycles. The SMILES string of the molecule is Cc1sccc1Nc1ccc(C#N)cc1. The van der Waals surface area contributed by atoms with E-state index in [1.807, 2.05) is 24.3 Å². The lowest BCUT2D eigenvalue weighted by molar-refractivity contribution is 1.47. The van der Waals surface area contributed by atoms with Crippen LogP contribution in [0.1, 0.15) is 10.4 Å². The molecule has 2 nitrogen and oxygen atoms in total. The summed E-state index contributed by atoms with van der Waals surface area (Å²) >= 11 is 1.72. The topological polar surface area (TPSA) is 35.8 Å². The van der Waals surface area contributed by atoms with E-state index in [-0.39, 0.29) is 0 Å². The van der Waals surface area contributed by atoms with Crippen LogP contribution in [0.15, 0.2) is 35.7 Å². The van der Waals surface area contributed by atoms with E-state index in [0.717, 1.165) is 11.4 Å². The van der Waals surface area contributed by atoms with Gasteiger partial charge in [-0.1, -0.05) is 0 Å². The average molecular weight is 214 g/mol. The molecule has 0 aliphatic rings. The average Bonchev–Trinajstić information content (AvgIpc) is 2.66. The zero-order valence-corrected chi connectivity index (χ0v) is 9.14. The summed E-state index contributed by atoms with van der Waals surface area (Å²) < 4.78 is 0.